The molecule has 0 unspecified atom stereocenters. The molecule has 9 nitrogen and oxygen atoms in total. The summed E-state index contributed by atoms with van der Waals surface area (Å²) in [5, 5.41) is 5.28. The van der Waals surface area contributed by atoms with Gasteiger partial charge in [-0.3, -0.25) is 24.1 Å². The Morgan fingerprint density at radius 3 is 2.21 bits per heavy atom. The molecule has 2 N–H and O–H groups in total. The molecule has 1 saturated heterocycles. The second kappa shape index (κ2) is 9.31. The molecule has 1 aliphatic rings. The van der Waals surface area contributed by atoms with E-state index in [1.54, 1.807) is 32.9 Å². The fraction of sp³-hybridized carbons (Fsp3) is 0.450. The number of anilines is 1. The molecule has 1 aliphatic heterocycles. The van der Waals surface area contributed by atoms with Crippen LogP contribution in [-0.4, -0.2) is 53.2 Å². The predicted molar refractivity (Wildman–Crippen MR) is 104 cm³/mol. The van der Waals surface area contributed by atoms with Gasteiger partial charge in [0.25, 0.3) is 5.91 Å². The van der Waals surface area contributed by atoms with Gasteiger partial charge in [-0.05, 0) is 37.1 Å². The maximum Gasteiger partial charge on any atom is 0.326 e. The number of urea groups is 1. The van der Waals surface area contributed by atoms with Crippen molar-refractivity contribution in [3.05, 3.63) is 29.8 Å². The maximum atomic E-state index is 12.5. The lowest BCUT2D eigenvalue weighted by Gasteiger charge is -2.22. The molecule has 0 radical (unpaired) electrons. The first-order valence-corrected chi connectivity index (χ1v) is 9.49. The van der Waals surface area contributed by atoms with Gasteiger partial charge < -0.3 is 15.4 Å². The average molecular weight is 403 g/mol. The van der Waals surface area contributed by atoms with Crippen LogP contribution >= 0.6 is 0 Å². The van der Waals surface area contributed by atoms with Crippen molar-refractivity contribution in [3.63, 3.8) is 0 Å². The molecule has 0 atom stereocenters. The van der Waals surface area contributed by atoms with Crippen molar-refractivity contribution in [1.29, 1.82) is 0 Å². The Morgan fingerprint density at radius 2 is 1.69 bits per heavy atom. The summed E-state index contributed by atoms with van der Waals surface area (Å²) in [6, 6.07) is 5.52. The smallest absolute Gasteiger partial charge is 0.326 e. The summed E-state index contributed by atoms with van der Waals surface area (Å²) >= 11 is 0. The van der Waals surface area contributed by atoms with Crippen molar-refractivity contribution in [2.45, 2.75) is 45.6 Å². The van der Waals surface area contributed by atoms with Crippen LogP contribution in [-0.2, 0) is 19.1 Å². The lowest BCUT2D eigenvalue weighted by atomic mass is 9.93. The van der Waals surface area contributed by atoms with Gasteiger partial charge in [-0.25, -0.2) is 4.79 Å². The van der Waals surface area contributed by atoms with Crippen LogP contribution in [0.5, 0.6) is 0 Å². The second-order valence-corrected chi connectivity index (χ2v) is 6.67. The van der Waals surface area contributed by atoms with E-state index in [4.69, 9.17) is 4.74 Å². The van der Waals surface area contributed by atoms with Gasteiger partial charge in [-0.15, -0.1) is 0 Å². The fourth-order valence-electron chi connectivity index (χ4n) is 2.94. The topological polar surface area (TPSA) is 122 Å². The number of carbonyl (C=O) groups is 5. The molecule has 4 amide bonds. The number of esters is 1. The third-order valence-corrected chi connectivity index (χ3v) is 4.92. The SMILES string of the molecule is CCC(=O)Nc1ccc(C(=O)COC(=O)CN2C(=O)NC(CC)(CC)C2=O)cc1. The van der Waals surface area contributed by atoms with E-state index in [0.717, 1.165) is 4.90 Å². The van der Waals surface area contributed by atoms with Crippen molar-refractivity contribution < 1.29 is 28.7 Å². The molecular weight excluding hydrogens is 378 g/mol. The highest BCUT2D eigenvalue weighted by Gasteiger charge is 2.49. The Bertz CT molecular complexity index is 814. The first-order chi connectivity index (χ1) is 13.8. The molecule has 1 aromatic rings. The van der Waals surface area contributed by atoms with Crippen LogP contribution < -0.4 is 10.6 Å². The number of Topliss-reactive ketones (excluding diaryl/α,β-unsaturated/α-hetero) is 1. The normalized spacial score (nSPS) is 15.1. The second-order valence-electron chi connectivity index (χ2n) is 6.67. The van der Waals surface area contributed by atoms with Gasteiger partial charge in [-0.1, -0.05) is 20.8 Å². The molecule has 2 rings (SSSR count). The summed E-state index contributed by atoms with van der Waals surface area (Å²) in [6.07, 6.45) is 1.16. The molecule has 0 aromatic heterocycles. The zero-order valence-electron chi connectivity index (χ0n) is 16.7. The minimum Gasteiger partial charge on any atom is -0.456 e. The molecule has 156 valence electrons. The number of rotatable bonds is 9. The Balaban J connectivity index is 1.89. The summed E-state index contributed by atoms with van der Waals surface area (Å²) in [6.45, 7) is 4.21. The molecule has 1 aromatic carbocycles. The number of imide groups is 1. The van der Waals surface area contributed by atoms with Gasteiger partial charge >= 0.3 is 12.0 Å². The number of hydrogen-bond acceptors (Lipinski definition) is 6. The van der Waals surface area contributed by atoms with Crippen molar-refractivity contribution in [3.8, 4) is 0 Å². The van der Waals surface area contributed by atoms with Crippen molar-refractivity contribution in [2.24, 2.45) is 0 Å². The van der Waals surface area contributed by atoms with E-state index in [1.165, 1.54) is 12.1 Å². The van der Waals surface area contributed by atoms with E-state index in [1.807, 2.05) is 0 Å². The van der Waals surface area contributed by atoms with E-state index < -0.39 is 42.4 Å². The summed E-state index contributed by atoms with van der Waals surface area (Å²) < 4.78 is 4.93. The first-order valence-electron chi connectivity index (χ1n) is 9.49. The zero-order chi connectivity index (χ0) is 21.6. The van der Waals surface area contributed by atoms with Crippen LogP contribution in [0.15, 0.2) is 24.3 Å². The summed E-state index contributed by atoms with van der Waals surface area (Å²) in [7, 11) is 0. The quantitative estimate of drug-likeness (QED) is 0.369. The lowest BCUT2D eigenvalue weighted by Crippen LogP contribution is -2.46. The summed E-state index contributed by atoms with van der Waals surface area (Å²) in [5.41, 5.74) is -0.139. The van der Waals surface area contributed by atoms with Crippen molar-refractivity contribution >= 4 is 35.3 Å². The minimum atomic E-state index is -0.998. The summed E-state index contributed by atoms with van der Waals surface area (Å²) in [4.78, 5) is 60.9. The van der Waals surface area contributed by atoms with Crippen LogP contribution in [0.2, 0.25) is 0 Å². The number of ether oxygens (including phenoxy) is 1. The Hall–Kier alpha value is -3.23. The summed E-state index contributed by atoms with van der Waals surface area (Å²) in [5.74, 6) is -1.91. The Labute approximate surface area is 168 Å². The third-order valence-electron chi connectivity index (χ3n) is 4.92. The van der Waals surface area contributed by atoms with E-state index in [0.29, 0.717) is 30.5 Å². The standard InChI is InChI=1S/C20H25N3O6/c1-4-16(25)21-14-9-7-13(8-10-14)15(24)12-29-17(26)11-23-18(27)20(5-2,6-3)22-19(23)28/h7-10H,4-6,11-12H2,1-3H3,(H,21,25)(H,22,28). The molecule has 1 heterocycles. The molecule has 0 aliphatic carbocycles. The number of amides is 4. The molecule has 0 saturated carbocycles. The Kier molecular flexibility index (Phi) is 7.08. The van der Waals surface area contributed by atoms with Gasteiger partial charge in [0.15, 0.2) is 12.4 Å². The lowest BCUT2D eigenvalue weighted by molar-refractivity contribution is -0.146. The molecular formula is C20H25N3O6. The van der Waals surface area contributed by atoms with Crippen LogP contribution in [0, 0.1) is 0 Å². The van der Waals surface area contributed by atoms with E-state index in [2.05, 4.69) is 10.6 Å². The van der Waals surface area contributed by atoms with Gasteiger partial charge in [0.1, 0.15) is 12.1 Å². The van der Waals surface area contributed by atoms with Crippen molar-refractivity contribution in [2.75, 3.05) is 18.5 Å². The fourth-order valence-corrected chi connectivity index (χ4v) is 2.94. The predicted octanol–water partition coefficient (Wildman–Crippen LogP) is 1.87. The van der Waals surface area contributed by atoms with Crippen LogP contribution in [0.3, 0.4) is 0 Å². The van der Waals surface area contributed by atoms with Gasteiger partial charge in [0.2, 0.25) is 5.91 Å². The number of carbonyl (C=O) groups excluding carboxylic acids is 5. The van der Waals surface area contributed by atoms with Gasteiger partial charge in [-0.2, -0.15) is 0 Å². The average Bonchev–Trinajstić information content (AvgIpc) is 2.97. The molecule has 0 bridgehead atoms. The molecule has 9 heteroatoms. The minimum absolute atomic E-state index is 0.145. The zero-order valence-corrected chi connectivity index (χ0v) is 16.7. The first kappa shape index (κ1) is 22.1. The van der Waals surface area contributed by atoms with Crippen LogP contribution in [0.25, 0.3) is 0 Å². The highest BCUT2D eigenvalue weighted by Crippen LogP contribution is 2.24. The van der Waals surface area contributed by atoms with E-state index in [9.17, 15) is 24.0 Å². The Morgan fingerprint density at radius 1 is 1.07 bits per heavy atom. The van der Waals surface area contributed by atoms with Crippen LogP contribution in [0.4, 0.5) is 10.5 Å². The van der Waals surface area contributed by atoms with Crippen molar-refractivity contribution in [1.82, 2.24) is 10.2 Å². The van der Waals surface area contributed by atoms with Crippen LogP contribution in [0.1, 0.15) is 50.4 Å². The number of hydrogen-bond donors (Lipinski definition) is 2. The highest BCUT2D eigenvalue weighted by molar-refractivity contribution is 6.08. The third kappa shape index (κ3) is 4.98. The highest BCUT2D eigenvalue weighted by atomic mass is 16.5. The number of ketones is 1. The largest absolute Gasteiger partial charge is 0.456 e. The molecule has 29 heavy (non-hydrogen) atoms. The van der Waals surface area contributed by atoms with E-state index >= 15 is 0 Å². The van der Waals surface area contributed by atoms with Gasteiger partial charge in [0.05, 0.1) is 0 Å². The number of benzene rings is 1. The van der Waals surface area contributed by atoms with E-state index in [-0.39, 0.29) is 5.91 Å². The molecule has 1 fully saturated rings. The number of nitrogens with zero attached hydrogens (tertiary/aromatic N) is 1. The number of nitrogens with one attached hydrogen (secondary N) is 2. The monoisotopic (exact) mass is 403 g/mol. The maximum absolute atomic E-state index is 12.5. The molecule has 0 spiro atoms. The van der Waals surface area contributed by atoms with Gasteiger partial charge in [0, 0.05) is 17.7 Å².